The van der Waals surface area contributed by atoms with Crippen molar-refractivity contribution in [2.75, 3.05) is 0 Å². The molecule has 1 aliphatic rings. The van der Waals surface area contributed by atoms with Crippen LogP contribution >= 0.6 is 0 Å². The van der Waals surface area contributed by atoms with Crippen LogP contribution in [0.5, 0.6) is 0 Å². The minimum Gasteiger partial charge on any atom is -0.339 e. The molecule has 1 saturated carbocycles. The van der Waals surface area contributed by atoms with Gasteiger partial charge >= 0.3 is 0 Å². The maximum Gasteiger partial charge on any atom is 0.239 e. The van der Waals surface area contributed by atoms with Gasteiger partial charge in [-0.05, 0) is 12.8 Å². The van der Waals surface area contributed by atoms with Crippen molar-refractivity contribution in [1.82, 2.24) is 25.3 Å². The first-order chi connectivity index (χ1) is 8.25. The molecule has 7 nitrogen and oxygen atoms in total. The van der Waals surface area contributed by atoms with Crippen LogP contribution in [0.2, 0.25) is 0 Å². The first-order valence-electron chi connectivity index (χ1n) is 5.72. The second-order valence-electron chi connectivity index (χ2n) is 4.59. The molecule has 90 valence electrons. The zero-order valence-corrected chi connectivity index (χ0v) is 9.39. The van der Waals surface area contributed by atoms with Gasteiger partial charge in [0, 0.05) is 12.0 Å². The molecule has 0 bridgehead atoms. The topological polar surface area (TPSA) is 107 Å². The molecule has 0 amide bonds. The van der Waals surface area contributed by atoms with Gasteiger partial charge in [-0.3, -0.25) is 5.10 Å². The number of nitrogens with one attached hydrogen (secondary N) is 1. The van der Waals surface area contributed by atoms with Gasteiger partial charge in [0.15, 0.2) is 5.82 Å². The summed E-state index contributed by atoms with van der Waals surface area (Å²) in [5, 5.41) is 10.3. The Kier molecular flexibility index (Phi) is 2.40. The standard InChI is InChI=1S/C10H14N6O/c11-10(3-1-2-4-10)5-7-14-9(16-17-7)8-12-6-13-15-8/h6H,1-5,11H2,(H,12,13,15). The average molecular weight is 234 g/mol. The van der Waals surface area contributed by atoms with E-state index in [9.17, 15) is 0 Å². The maximum atomic E-state index is 6.26. The van der Waals surface area contributed by atoms with Crippen molar-refractivity contribution in [3.05, 3.63) is 12.2 Å². The zero-order valence-electron chi connectivity index (χ0n) is 9.39. The highest BCUT2D eigenvalue weighted by atomic mass is 16.5. The molecule has 2 aromatic rings. The van der Waals surface area contributed by atoms with E-state index in [1.165, 1.54) is 19.2 Å². The van der Waals surface area contributed by atoms with Gasteiger partial charge in [0.2, 0.25) is 11.7 Å². The van der Waals surface area contributed by atoms with Crippen LogP contribution in [0.4, 0.5) is 0 Å². The number of H-pyrrole nitrogens is 1. The lowest BCUT2D eigenvalue weighted by molar-refractivity contribution is 0.329. The average Bonchev–Trinajstić information content (AvgIpc) is 2.98. The first kappa shape index (κ1) is 10.4. The van der Waals surface area contributed by atoms with Gasteiger partial charge in [-0.2, -0.15) is 10.1 Å². The molecule has 2 heterocycles. The van der Waals surface area contributed by atoms with Crippen LogP contribution < -0.4 is 5.73 Å². The number of nitrogens with two attached hydrogens (primary N) is 1. The van der Waals surface area contributed by atoms with Gasteiger partial charge in [-0.15, -0.1) is 0 Å². The monoisotopic (exact) mass is 234 g/mol. The highest BCUT2D eigenvalue weighted by Gasteiger charge is 2.31. The Labute approximate surface area is 97.8 Å². The second-order valence-corrected chi connectivity index (χ2v) is 4.59. The molecule has 3 rings (SSSR count). The summed E-state index contributed by atoms with van der Waals surface area (Å²) in [6.07, 6.45) is 6.44. The van der Waals surface area contributed by atoms with E-state index in [0.717, 1.165) is 12.8 Å². The Morgan fingerprint density at radius 3 is 2.94 bits per heavy atom. The van der Waals surface area contributed by atoms with E-state index in [1.807, 2.05) is 0 Å². The molecule has 17 heavy (non-hydrogen) atoms. The SMILES string of the molecule is NC1(Cc2nc(-c3ncn[nH]3)no2)CCCC1. The summed E-state index contributed by atoms with van der Waals surface area (Å²) in [4.78, 5) is 8.24. The van der Waals surface area contributed by atoms with E-state index in [0.29, 0.717) is 24.0 Å². The molecule has 3 N–H and O–H groups in total. The summed E-state index contributed by atoms with van der Waals surface area (Å²) in [7, 11) is 0. The first-order valence-corrected chi connectivity index (χ1v) is 5.72. The molecule has 0 saturated heterocycles. The third-order valence-corrected chi connectivity index (χ3v) is 3.20. The third-order valence-electron chi connectivity index (χ3n) is 3.20. The van der Waals surface area contributed by atoms with Gasteiger partial charge in [0.1, 0.15) is 6.33 Å². The van der Waals surface area contributed by atoms with Crippen LogP contribution in [0.25, 0.3) is 11.6 Å². The molecule has 0 spiro atoms. The fourth-order valence-electron chi connectivity index (χ4n) is 2.29. The Morgan fingerprint density at radius 1 is 1.41 bits per heavy atom. The second kappa shape index (κ2) is 3.92. The van der Waals surface area contributed by atoms with Crippen molar-refractivity contribution < 1.29 is 4.52 Å². The quantitative estimate of drug-likeness (QED) is 0.808. The molecule has 2 aromatic heterocycles. The lowest BCUT2D eigenvalue weighted by Gasteiger charge is -2.20. The minimum atomic E-state index is -0.175. The summed E-state index contributed by atoms with van der Waals surface area (Å²) in [6.45, 7) is 0. The summed E-state index contributed by atoms with van der Waals surface area (Å²) < 4.78 is 5.19. The maximum absolute atomic E-state index is 6.26. The predicted octanol–water partition coefficient (Wildman–Crippen LogP) is 0.669. The molecule has 1 fully saturated rings. The Hall–Kier alpha value is -1.76. The van der Waals surface area contributed by atoms with Gasteiger partial charge in [0.25, 0.3) is 0 Å². The molecular weight excluding hydrogens is 220 g/mol. The molecule has 7 heteroatoms. The molecule has 1 aliphatic carbocycles. The number of aromatic nitrogens is 5. The highest BCUT2D eigenvalue weighted by molar-refractivity contribution is 5.39. The van der Waals surface area contributed by atoms with Crippen molar-refractivity contribution in [2.45, 2.75) is 37.6 Å². The normalized spacial score (nSPS) is 18.6. The predicted molar refractivity (Wildman–Crippen MR) is 58.8 cm³/mol. The van der Waals surface area contributed by atoms with Crippen LogP contribution in [0, 0.1) is 0 Å². The Balaban J connectivity index is 1.77. The molecule has 0 radical (unpaired) electrons. The summed E-state index contributed by atoms with van der Waals surface area (Å²) >= 11 is 0. The fourth-order valence-corrected chi connectivity index (χ4v) is 2.29. The molecule has 0 atom stereocenters. The van der Waals surface area contributed by atoms with Crippen LogP contribution in [-0.2, 0) is 6.42 Å². The van der Waals surface area contributed by atoms with Crippen molar-refractivity contribution in [2.24, 2.45) is 5.73 Å². The van der Waals surface area contributed by atoms with Gasteiger partial charge in [-0.1, -0.05) is 18.0 Å². The minimum absolute atomic E-state index is 0.175. The highest BCUT2D eigenvalue weighted by Crippen LogP contribution is 2.30. The number of nitrogens with zero attached hydrogens (tertiary/aromatic N) is 4. The number of hydrogen-bond acceptors (Lipinski definition) is 6. The van der Waals surface area contributed by atoms with E-state index in [2.05, 4.69) is 25.3 Å². The Bertz CT molecular complexity index is 485. The van der Waals surface area contributed by atoms with E-state index in [4.69, 9.17) is 10.3 Å². The van der Waals surface area contributed by atoms with Gasteiger partial charge in [0.05, 0.1) is 0 Å². The van der Waals surface area contributed by atoms with E-state index < -0.39 is 0 Å². The number of hydrogen-bond donors (Lipinski definition) is 2. The van der Waals surface area contributed by atoms with Crippen molar-refractivity contribution in [3.63, 3.8) is 0 Å². The van der Waals surface area contributed by atoms with Crippen LogP contribution in [-0.4, -0.2) is 30.9 Å². The van der Waals surface area contributed by atoms with Crippen LogP contribution in [0.3, 0.4) is 0 Å². The van der Waals surface area contributed by atoms with E-state index in [1.54, 1.807) is 0 Å². The Morgan fingerprint density at radius 2 is 2.24 bits per heavy atom. The third kappa shape index (κ3) is 2.05. The number of rotatable bonds is 3. The van der Waals surface area contributed by atoms with Crippen molar-refractivity contribution in [1.29, 1.82) is 0 Å². The molecule has 0 unspecified atom stereocenters. The molecule has 0 aliphatic heterocycles. The van der Waals surface area contributed by atoms with Gasteiger partial charge < -0.3 is 10.3 Å². The number of aromatic amines is 1. The largest absolute Gasteiger partial charge is 0.339 e. The smallest absolute Gasteiger partial charge is 0.239 e. The lowest BCUT2D eigenvalue weighted by atomic mass is 9.95. The van der Waals surface area contributed by atoms with Crippen molar-refractivity contribution >= 4 is 0 Å². The molecular formula is C10H14N6O. The summed E-state index contributed by atoms with van der Waals surface area (Å²) in [5.74, 6) is 1.51. The summed E-state index contributed by atoms with van der Waals surface area (Å²) in [6, 6.07) is 0. The van der Waals surface area contributed by atoms with Gasteiger partial charge in [-0.25, -0.2) is 4.98 Å². The zero-order chi connectivity index (χ0) is 11.7. The van der Waals surface area contributed by atoms with E-state index >= 15 is 0 Å². The van der Waals surface area contributed by atoms with Crippen LogP contribution in [0.15, 0.2) is 10.9 Å². The lowest BCUT2D eigenvalue weighted by Crippen LogP contribution is -2.38. The summed E-state index contributed by atoms with van der Waals surface area (Å²) in [5.41, 5.74) is 6.08. The molecule has 0 aromatic carbocycles. The van der Waals surface area contributed by atoms with Crippen molar-refractivity contribution in [3.8, 4) is 11.6 Å². The van der Waals surface area contributed by atoms with Crippen LogP contribution in [0.1, 0.15) is 31.6 Å². The fraction of sp³-hybridized carbons (Fsp3) is 0.600. The van der Waals surface area contributed by atoms with E-state index in [-0.39, 0.29) is 5.54 Å².